The molecule has 2 N–H and O–H groups in total. The lowest BCUT2D eigenvalue weighted by atomic mass is 10.0. The van der Waals surface area contributed by atoms with Crippen LogP contribution in [0, 0.1) is 0 Å². The molecule has 0 atom stereocenters. The van der Waals surface area contributed by atoms with Crippen LogP contribution in [0.25, 0.3) is 11.0 Å². The molecule has 0 saturated heterocycles. The number of fused-ring (bicyclic) bond motifs is 1. The summed E-state index contributed by atoms with van der Waals surface area (Å²) in [4.78, 5) is 29.2. The number of aromatic amines is 2. The zero-order chi connectivity index (χ0) is 15.0. The first kappa shape index (κ1) is 13.8. The second kappa shape index (κ2) is 5.33. The van der Waals surface area contributed by atoms with Gasteiger partial charge in [0.05, 0.1) is 11.0 Å². The third kappa shape index (κ3) is 2.56. The van der Waals surface area contributed by atoms with E-state index in [0.717, 1.165) is 6.42 Å². The molecule has 0 spiro atoms. The van der Waals surface area contributed by atoms with Crippen molar-refractivity contribution in [1.29, 1.82) is 0 Å². The normalized spacial score (nSPS) is 11.0. The molecular formula is C16H13BrN2O2. The molecule has 0 unspecified atom stereocenters. The number of aromatic nitrogens is 2. The highest BCUT2D eigenvalue weighted by molar-refractivity contribution is 9.10. The average molecular weight is 345 g/mol. The Morgan fingerprint density at radius 2 is 1.71 bits per heavy atom. The van der Waals surface area contributed by atoms with Crippen molar-refractivity contribution < 1.29 is 4.79 Å². The highest BCUT2D eigenvalue weighted by Crippen LogP contribution is 2.24. The maximum atomic E-state index is 12.6. The molecule has 0 saturated carbocycles. The summed E-state index contributed by atoms with van der Waals surface area (Å²) in [5.74, 6) is -0.0755. The van der Waals surface area contributed by atoms with Crippen LogP contribution in [-0.2, 0) is 6.42 Å². The maximum absolute atomic E-state index is 12.6. The van der Waals surface area contributed by atoms with E-state index in [1.165, 1.54) is 5.56 Å². The van der Waals surface area contributed by atoms with Gasteiger partial charge < -0.3 is 9.97 Å². The van der Waals surface area contributed by atoms with Crippen LogP contribution in [0.1, 0.15) is 28.4 Å². The van der Waals surface area contributed by atoms with Gasteiger partial charge in [-0.3, -0.25) is 4.79 Å². The molecule has 0 amide bonds. The van der Waals surface area contributed by atoms with Gasteiger partial charge in [0.15, 0.2) is 5.78 Å². The van der Waals surface area contributed by atoms with Crippen LogP contribution in [0.3, 0.4) is 0 Å². The van der Waals surface area contributed by atoms with E-state index in [1.54, 1.807) is 12.1 Å². The molecule has 3 aromatic rings. The highest BCUT2D eigenvalue weighted by Gasteiger charge is 2.14. The molecule has 0 aliphatic carbocycles. The number of hydrogen-bond donors (Lipinski definition) is 2. The van der Waals surface area contributed by atoms with Crippen LogP contribution in [0.4, 0.5) is 0 Å². The van der Waals surface area contributed by atoms with Gasteiger partial charge in [-0.2, -0.15) is 0 Å². The summed E-state index contributed by atoms with van der Waals surface area (Å²) in [6, 6.07) is 11.0. The van der Waals surface area contributed by atoms with E-state index in [2.05, 4.69) is 32.8 Å². The van der Waals surface area contributed by atoms with Crippen LogP contribution < -0.4 is 5.69 Å². The third-order valence-electron chi connectivity index (χ3n) is 3.47. The predicted octanol–water partition coefficient (Wildman–Crippen LogP) is 3.41. The fourth-order valence-electron chi connectivity index (χ4n) is 2.28. The number of carbonyl (C=O) groups excluding carboxylic acids is 1. The first-order chi connectivity index (χ1) is 10.1. The summed E-state index contributed by atoms with van der Waals surface area (Å²) < 4.78 is 0.662. The number of H-pyrrole nitrogens is 2. The molecule has 0 fully saturated rings. The molecule has 5 heteroatoms. The van der Waals surface area contributed by atoms with Gasteiger partial charge in [-0.15, -0.1) is 0 Å². The molecule has 1 aromatic heterocycles. The lowest BCUT2D eigenvalue weighted by Gasteiger charge is -2.05. The maximum Gasteiger partial charge on any atom is 0.323 e. The standard InChI is InChI=1S/C16H13BrN2O2/c1-2-9-3-5-10(6-4-9)15(20)11-7-13-14(8-12(11)17)19-16(21)18-13/h3-8H,2H2,1H3,(H2,18,19,21). The van der Waals surface area contributed by atoms with Crippen molar-refractivity contribution >= 4 is 32.7 Å². The molecule has 0 bridgehead atoms. The Morgan fingerprint density at radius 1 is 1.10 bits per heavy atom. The van der Waals surface area contributed by atoms with E-state index in [0.29, 0.717) is 26.6 Å². The van der Waals surface area contributed by atoms with Crippen LogP contribution in [0.2, 0.25) is 0 Å². The molecule has 106 valence electrons. The van der Waals surface area contributed by atoms with Crippen LogP contribution >= 0.6 is 15.9 Å². The Balaban J connectivity index is 2.07. The Hall–Kier alpha value is -2.14. The molecule has 21 heavy (non-hydrogen) atoms. The Morgan fingerprint density at radius 3 is 2.33 bits per heavy atom. The number of hydrogen-bond acceptors (Lipinski definition) is 2. The van der Waals surface area contributed by atoms with Gasteiger partial charge in [-0.25, -0.2) is 4.79 Å². The van der Waals surface area contributed by atoms with Crippen molar-refractivity contribution in [2.24, 2.45) is 0 Å². The molecule has 0 aliphatic rings. The summed E-state index contributed by atoms with van der Waals surface area (Å²) in [6.45, 7) is 2.07. The molecular weight excluding hydrogens is 332 g/mol. The van der Waals surface area contributed by atoms with Gasteiger partial charge in [0.1, 0.15) is 0 Å². The summed E-state index contributed by atoms with van der Waals surface area (Å²) in [6.07, 6.45) is 0.939. The number of carbonyl (C=O) groups is 1. The summed E-state index contributed by atoms with van der Waals surface area (Å²) in [7, 11) is 0. The number of nitrogens with one attached hydrogen (secondary N) is 2. The molecule has 3 rings (SSSR count). The fraction of sp³-hybridized carbons (Fsp3) is 0.125. The SMILES string of the molecule is CCc1ccc(C(=O)c2cc3[nH]c(=O)[nH]c3cc2Br)cc1. The fourth-order valence-corrected chi connectivity index (χ4v) is 2.80. The van der Waals surface area contributed by atoms with E-state index in [1.807, 2.05) is 24.3 Å². The van der Waals surface area contributed by atoms with Crippen molar-refractivity contribution in [3.05, 3.63) is 68.0 Å². The van der Waals surface area contributed by atoms with E-state index in [-0.39, 0.29) is 11.5 Å². The van der Waals surface area contributed by atoms with Crippen molar-refractivity contribution in [2.75, 3.05) is 0 Å². The highest BCUT2D eigenvalue weighted by atomic mass is 79.9. The lowest BCUT2D eigenvalue weighted by Crippen LogP contribution is -2.02. The summed E-state index contributed by atoms with van der Waals surface area (Å²) in [5, 5.41) is 0. The number of ketones is 1. The summed E-state index contributed by atoms with van der Waals surface area (Å²) in [5.41, 5.74) is 3.36. The quantitative estimate of drug-likeness (QED) is 0.715. The smallest absolute Gasteiger partial charge is 0.306 e. The first-order valence-electron chi connectivity index (χ1n) is 6.63. The second-order valence-corrected chi connectivity index (χ2v) is 5.69. The van der Waals surface area contributed by atoms with Gasteiger partial charge in [0, 0.05) is 15.6 Å². The van der Waals surface area contributed by atoms with E-state index < -0.39 is 0 Å². The van der Waals surface area contributed by atoms with Gasteiger partial charge in [0.2, 0.25) is 0 Å². The lowest BCUT2D eigenvalue weighted by molar-refractivity contribution is 0.103. The zero-order valence-corrected chi connectivity index (χ0v) is 13.0. The number of benzene rings is 2. The average Bonchev–Trinajstić information content (AvgIpc) is 2.85. The third-order valence-corrected chi connectivity index (χ3v) is 4.13. The number of halogens is 1. The van der Waals surface area contributed by atoms with Crippen molar-refractivity contribution in [1.82, 2.24) is 9.97 Å². The minimum absolute atomic E-state index is 0.0755. The van der Waals surface area contributed by atoms with Crippen molar-refractivity contribution in [3.63, 3.8) is 0 Å². The molecule has 2 aromatic carbocycles. The van der Waals surface area contributed by atoms with Crippen molar-refractivity contribution in [3.8, 4) is 0 Å². The largest absolute Gasteiger partial charge is 0.323 e. The number of rotatable bonds is 3. The Labute approximate surface area is 129 Å². The first-order valence-corrected chi connectivity index (χ1v) is 7.43. The van der Waals surface area contributed by atoms with Gasteiger partial charge in [0.25, 0.3) is 0 Å². The Kier molecular flexibility index (Phi) is 3.51. The molecule has 1 heterocycles. The van der Waals surface area contributed by atoms with Gasteiger partial charge in [-0.05, 0) is 40.0 Å². The Bertz CT molecular complexity index is 875. The van der Waals surface area contributed by atoms with Crippen LogP contribution in [0.5, 0.6) is 0 Å². The molecule has 4 nitrogen and oxygen atoms in total. The number of imidazole rings is 1. The molecule has 0 aliphatic heterocycles. The minimum atomic E-state index is -0.284. The minimum Gasteiger partial charge on any atom is -0.306 e. The van der Waals surface area contributed by atoms with Gasteiger partial charge >= 0.3 is 5.69 Å². The molecule has 0 radical (unpaired) electrons. The van der Waals surface area contributed by atoms with Crippen molar-refractivity contribution in [2.45, 2.75) is 13.3 Å². The predicted molar refractivity (Wildman–Crippen MR) is 85.9 cm³/mol. The monoisotopic (exact) mass is 344 g/mol. The zero-order valence-electron chi connectivity index (χ0n) is 11.4. The number of aryl methyl sites for hydroxylation is 1. The second-order valence-electron chi connectivity index (χ2n) is 4.84. The summed E-state index contributed by atoms with van der Waals surface area (Å²) >= 11 is 3.40. The van der Waals surface area contributed by atoms with Crippen LogP contribution in [0.15, 0.2) is 45.7 Å². The van der Waals surface area contributed by atoms with Crippen LogP contribution in [-0.4, -0.2) is 15.8 Å². The van der Waals surface area contributed by atoms with E-state index in [9.17, 15) is 9.59 Å². The van der Waals surface area contributed by atoms with E-state index >= 15 is 0 Å². The van der Waals surface area contributed by atoms with E-state index in [4.69, 9.17) is 0 Å². The van der Waals surface area contributed by atoms with Gasteiger partial charge in [-0.1, -0.05) is 31.2 Å². The topological polar surface area (TPSA) is 65.7 Å².